The van der Waals surface area contributed by atoms with Gasteiger partial charge in [-0.3, -0.25) is 0 Å². The van der Waals surface area contributed by atoms with Crippen LogP contribution in [0.4, 0.5) is 0 Å². The van der Waals surface area contributed by atoms with Crippen LogP contribution in [0.1, 0.15) is 43.6 Å². The average Bonchev–Trinajstić information content (AvgIpc) is 2.90. The molecule has 3 rings (SSSR count). The van der Waals surface area contributed by atoms with Gasteiger partial charge in [-0.15, -0.1) is 0 Å². The van der Waals surface area contributed by atoms with Crippen molar-refractivity contribution in [2.24, 2.45) is 0 Å². The van der Waals surface area contributed by atoms with Crippen molar-refractivity contribution in [3.63, 3.8) is 0 Å². The van der Waals surface area contributed by atoms with Gasteiger partial charge in [0.2, 0.25) is 0 Å². The fraction of sp³-hybridized carbons (Fsp3) is 0.647. The van der Waals surface area contributed by atoms with Gasteiger partial charge < -0.3 is 10.2 Å². The summed E-state index contributed by atoms with van der Waals surface area (Å²) in [5.74, 6) is 0.803. The predicted octanol–water partition coefficient (Wildman–Crippen LogP) is 3.01. The largest absolute Gasteiger partial charge is 0.314 e. The minimum Gasteiger partial charge on any atom is -0.314 e. The first-order chi connectivity index (χ1) is 9.42. The van der Waals surface area contributed by atoms with Gasteiger partial charge in [0.15, 0.2) is 0 Å². The second-order valence-corrected chi connectivity index (χ2v) is 6.13. The minimum atomic E-state index is 0.767. The fourth-order valence-corrected chi connectivity index (χ4v) is 3.40. The molecule has 1 heterocycles. The monoisotopic (exact) mass is 258 g/mol. The summed E-state index contributed by atoms with van der Waals surface area (Å²) >= 11 is 0. The zero-order valence-corrected chi connectivity index (χ0v) is 11.9. The first kappa shape index (κ1) is 13.1. The van der Waals surface area contributed by atoms with E-state index in [1.54, 1.807) is 0 Å². The van der Waals surface area contributed by atoms with E-state index in [-0.39, 0.29) is 0 Å². The molecule has 2 fully saturated rings. The predicted molar refractivity (Wildman–Crippen MR) is 80.5 cm³/mol. The standard InChI is InChI=1S/C17H26N2/c1-2-7-15(8-3-1)16-13-17(14-16)18-9-6-12-19-10-4-5-11-19/h1-3,7-8,16-18H,4-6,9-14H2. The number of benzene rings is 1. The molecule has 1 saturated heterocycles. The molecule has 1 aliphatic carbocycles. The molecule has 0 bridgehead atoms. The average molecular weight is 258 g/mol. The highest BCUT2D eigenvalue weighted by Gasteiger charge is 2.29. The van der Waals surface area contributed by atoms with Crippen molar-refractivity contribution in [3.8, 4) is 0 Å². The maximum Gasteiger partial charge on any atom is 0.00787 e. The van der Waals surface area contributed by atoms with Crippen molar-refractivity contribution in [3.05, 3.63) is 35.9 Å². The zero-order chi connectivity index (χ0) is 12.9. The summed E-state index contributed by atoms with van der Waals surface area (Å²) in [6.45, 7) is 5.16. The molecule has 1 aromatic rings. The van der Waals surface area contributed by atoms with E-state index in [1.165, 1.54) is 63.8 Å². The lowest BCUT2D eigenvalue weighted by atomic mass is 9.76. The van der Waals surface area contributed by atoms with Crippen LogP contribution in [0.5, 0.6) is 0 Å². The molecule has 1 N–H and O–H groups in total. The van der Waals surface area contributed by atoms with Crippen molar-refractivity contribution >= 4 is 0 Å². The smallest absolute Gasteiger partial charge is 0.00787 e. The Morgan fingerprint density at radius 2 is 1.79 bits per heavy atom. The Kier molecular flexibility index (Phi) is 4.52. The Morgan fingerprint density at radius 1 is 1.05 bits per heavy atom. The normalized spacial score (nSPS) is 27.4. The van der Waals surface area contributed by atoms with Gasteiger partial charge in [-0.05, 0) is 69.8 Å². The number of rotatable bonds is 6. The molecule has 0 amide bonds. The van der Waals surface area contributed by atoms with Crippen LogP contribution < -0.4 is 5.32 Å². The number of hydrogen-bond acceptors (Lipinski definition) is 2. The molecule has 104 valence electrons. The van der Waals surface area contributed by atoms with Gasteiger partial charge in [0, 0.05) is 6.04 Å². The molecule has 1 aliphatic heterocycles. The van der Waals surface area contributed by atoms with E-state index in [2.05, 4.69) is 40.5 Å². The maximum absolute atomic E-state index is 3.72. The van der Waals surface area contributed by atoms with Crippen LogP contribution in [0.25, 0.3) is 0 Å². The van der Waals surface area contributed by atoms with Gasteiger partial charge in [0.05, 0.1) is 0 Å². The van der Waals surface area contributed by atoms with Crippen LogP contribution in [0.15, 0.2) is 30.3 Å². The van der Waals surface area contributed by atoms with E-state index in [1.807, 2.05) is 0 Å². The summed E-state index contributed by atoms with van der Waals surface area (Å²) < 4.78 is 0. The van der Waals surface area contributed by atoms with Gasteiger partial charge >= 0.3 is 0 Å². The van der Waals surface area contributed by atoms with Crippen molar-refractivity contribution < 1.29 is 0 Å². The molecule has 0 aromatic heterocycles. The lowest BCUT2D eigenvalue weighted by Gasteiger charge is -2.36. The third kappa shape index (κ3) is 3.58. The lowest BCUT2D eigenvalue weighted by Crippen LogP contribution is -2.41. The SMILES string of the molecule is c1ccc(C2CC(NCCCN3CCCC3)C2)cc1. The van der Waals surface area contributed by atoms with Crippen molar-refractivity contribution in [1.82, 2.24) is 10.2 Å². The fourth-order valence-electron chi connectivity index (χ4n) is 3.40. The molecule has 2 aliphatic rings. The highest BCUT2D eigenvalue weighted by molar-refractivity contribution is 5.22. The number of hydrogen-bond donors (Lipinski definition) is 1. The Labute approximate surface area is 117 Å². The minimum absolute atomic E-state index is 0.767. The molecular weight excluding hydrogens is 232 g/mol. The first-order valence-corrected chi connectivity index (χ1v) is 7.92. The van der Waals surface area contributed by atoms with Crippen LogP contribution in [-0.2, 0) is 0 Å². The molecule has 0 unspecified atom stereocenters. The Hall–Kier alpha value is -0.860. The Bertz CT molecular complexity index is 364. The number of nitrogens with one attached hydrogen (secondary N) is 1. The summed E-state index contributed by atoms with van der Waals surface area (Å²) in [6.07, 6.45) is 6.79. The topological polar surface area (TPSA) is 15.3 Å². The van der Waals surface area contributed by atoms with Crippen LogP contribution >= 0.6 is 0 Å². The van der Waals surface area contributed by atoms with Crippen LogP contribution in [0.2, 0.25) is 0 Å². The Morgan fingerprint density at radius 3 is 2.53 bits per heavy atom. The molecule has 1 saturated carbocycles. The van der Waals surface area contributed by atoms with Gasteiger partial charge in [-0.1, -0.05) is 30.3 Å². The first-order valence-electron chi connectivity index (χ1n) is 7.92. The molecular formula is C17H26N2. The zero-order valence-electron chi connectivity index (χ0n) is 11.9. The van der Waals surface area contributed by atoms with Gasteiger partial charge in [0.25, 0.3) is 0 Å². The highest BCUT2D eigenvalue weighted by Crippen LogP contribution is 2.36. The van der Waals surface area contributed by atoms with Gasteiger partial charge in [-0.2, -0.15) is 0 Å². The molecule has 0 radical (unpaired) electrons. The summed E-state index contributed by atoms with van der Waals surface area (Å²) in [4.78, 5) is 2.61. The maximum atomic E-state index is 3.72. The van der Waals surface area contributed by atoms with Crippen molar-refractivity contribution in [2.45, 2.75) is 44.1 Å². The third-order valence-corrected chi connectivity index (χ3v) is 4.69. The molecule has 1 aromatic carbocycles. The van der Waals surface area contributed by atoms with Crippen LogP contribution in [0.3, 0.4) is 0 Å². The van der Waals surface area contributed by atoms with E-state index in [4.69, 9.17) is 0 Å². The van der Waals surface area contributed by atoms with Gasteiger partial charge in [-0.25, -0.2) is 0 Å². The second kappa shape index (κ2) is 6.53. The lowest BCUT2D eigenvalue weighted by molar-refractivity contribution is 0.277. The number of likely N-dealkylation sites (tertiary alicyclic amines) is 1. The third-order valence-electron chi connectivity index (χ3n) is 4.69. The molecule has 19 heavy (non-hydrogen) atoms. The van der Waals surface area contributed by atoms with Crippen LogP contribution in [-0.4, -0.2) is 37.1 Å². The van der Waals surface area contributed by atoms with E-state index in [0.29, 0.717) is 0 Å². The van der Waals surface area contributed by atoms with E-state index in [9.17, 15) is 0 Å². The van der Waals surface area contributed by atoms with E-state index >= 15 is 0 Å². The number of nitrogens with zero attached hydrogens (tertiary/aromatic N) is 1. The summed E-state index contributed by atoms with van der Waals surface area (Å²) in [7, 11) is 0. The summed E-state index contributed by atoms with van der Waals surface area (Å²) in [6, 6.07) is 11.7. The molecule has 2 nitrogen and oxygen atoms in total. The molecule has 2 heteroatoms. The van der Waals surface area contributed by atoms with Crippen LogP contribution in [0, 0.1) is 0 Å². The summed E-state index contributed by atoms with van der Waals surface area (Å²) in [5, 5.41) is 3.72. The summed E-state index contributed by atoms with van der Waals surface area (Å²) in [5.41, 5.74) is 1.53. The van der Waals surface area contributed by atoms with Crippen molar-refractivity contribution in [2.75, 3.05) is 26.2 Å². The van der Waals surface area contributed by atoms with E-state index in [0.717, 1.165) is 12.0 Å². The van der Waals surface area contributed by atoms with E-state index < -0.39 is 0 Å². The molecule has 0 atom stereocenters. The molecule has 0 spiro atoms. The highest BCUT2D eigenvalue weighted by atomic mass is 15.1. The van der Waals surface area contributed by atoms with Crippen molar-refractivity contribution in [1.29, 1.82) is 0 Å². The van der Waals surface area contributed by atoms with Gasteiger partial charge in [0.1, 0.15) is 0 Å². The quantitative estimate of drug-likeness (QED) is 0.789. The second-order valence-electron chi connectivity index (χ2n) is 6.13. The Balaban J connectivity index is 1.27.